The SMILES string of the molecule is Cc1cccc(OCCNC(=O)N2CCN(S(=O)(=O)c3ccccc3Cl)CC2)c1. The van der Waals surface area contributed by atoms with Crippen molar-refractivity contribution >= 4 is 27.7 Å². The van der Waals surface area contributed by atoms with E-state index in [1.807, 2.05) is 31.2 Å². The van der Waals surface area contributed by atoms with E-state index in [0.29, 0.717) is 26.2 Å². The van der Waals surface area contributed by atoms with Gasteiger partial charge in [0.2, 0.25) is 10.0 Å². The highest BCUT2D eigenvalue weighted by Crippen LogP contribution is 2.25. The number of urea groups is 1. The zero-order valence-corrected chi connectivity index (χ0v) is 17.7. The normalized spacial score (nSPS) is 15.2. The smallest absolute Gasteiger partial charge is 0.317 e. The van der Waals surface area contributed by atoms with Gasteiger partial charge in [0.15, 0.2) is 0 Å². The third-order valence-electron chi connectivity index (χ3n) is 4.62. The number of aryl methyl sites for hydroxylation is 1. The number of piperazine rings is 1. The maximum absolute atomic E-state index is 12.8. The highest BCUT2D eigenvalue weighted by molar-refractivity contribution is 7.89. The standard InChI is InChI=1S/C20H24ClN3O4S/c1-16-5-4-6-17(15-16)28-14-9-22-20(25)23-10-12-24(13-11-23)29(26,27)19-8-3-2-7-18(19)21/h2-8,15H,9-14H2,1H3,(H,22,25). The fraction of sp³-hybridized carbons (Fsp3) is 0.350. The van der Waals surface area contributed by atoms with E-state index in [4.69, 9.17) is 16.3 Å². The zero-order chi connectivity index (χ0) is 20.9. The average molecular weight is 438 g/mol. The van der Waals surface area contributed by atoms with E-state index in [0.717, 1.165) is 11.3 Å². The Labute approximate surface area is 176 Å². The number of halogens is 1. The molecule has 7 nitrogen and oxygen atoms in total. The molecule has 1 aliphatic heterocycles. The van der Waals surface area contributed by atoms with Gasteiger partial charge in [0, 0.05) is 26.2 Å². The van der Waals surface area contributed by atoms with Gasteiger partial charge in [0.1, 0.15) is 17.3 Å². The fourth-order valence-corrected chi connectivity index (χ4v) is 4.98. The van der Waals surface area contributed by atoms with Crippen molar-refractivity contribution in [3.8, 4) is 5.75 Å². The molecule has 0 aliphatic carbocycles. The first-order valence-corrected chi connectivity index (χ1v) is 11.2. The number of nitrogens with one attached hydrogen (secondary N) is 1. The predicted molar refractivity (Wildman–Crippen MR) is 112 cm³/mol. The van der Waals surface area contributed by atoms with Gasteiger partial charge >= 0.3 is 6.03 Å². The van der Waals surface area contributed by atoms with Crippen LogP contribution in [0.4, 0.5) is 4.79 Å². The van der Waals surface area contributed by atoms with Crippen LogP contribution in [-0.4, -0.2) is 63.0 Å². The Kier molecular flexibility index (Phi) is 7.00. The molecular formula is C20H24ClN3O4S. The minimum atomic E-state index is -3.67. The number of benzene rings is 2. The van der Waals surface area contributed by atoms with Crippen molar-refractivity contribution in [3.05, 3.63) is 59.1 Å². The summed E-state index contributed by atoms with van der Waals surface area (Å²) in [6.07, 6.45) is 0. The monoisotopic (exact) mass is 437 g/mol. The number of carbonyl (C=O) groups is 1. The first-order chi connectivity index (χ1) is 13.9. The Hall–Kier alpha value is -2.29. The Bertz CT molecular complexity index is 960. The first kappa shape index (κ1) is 21.4. The van der Waals surface area contributed by atoms with Crippen LogP contribution in [0.15, 0.2) is 53.4 Å². The number of carbonyl (C=O) groups excluding carboxylic acids is 1. The van der Waals surface area contributed by atoms with E-state index in [1.54, 1.807) is 23.1 Å². The number of nitrogens with zero attached hydrogens (tertiary/aromatic N) is 2. The highest BCUT2D eigenvalue weighted by Gasteiger charge is 2.31. The molecule has 0 bridgehead atoms. The second-order valence-electron chi connectivity index (χ2n) is 6.72. The van der Waals surface area contributed by atoms with Crippen LogP contribution >= 0.6 is 11.6 Å². The van der Waals surface area contributed by atoms with Crippen molar-refractivity contribution in [1.29, 1.82) is 0 Å². The summed E-state index contributed by atoms with van der Waals surface area (Å²) in [6, 6.07) is 13.8. The van der Waals surface area contributed by atoms with Gasteiger partial charge in [-0.2, -0.15) is 4.31 Å². The van der Waals surface area contributed by atoms with E-state index in [2.05, 4.69) is 5.32 Å². The van der Waals surface area contributed by atoms with Crippen LogP contribution in [0.1, 0.15) is 5.56 Å². The summed E-state index contributed by atoms with van der Waals surface area (Å²) in [7, 11) is -3.67. The summed E-state index contributed by atoms with van der Waals surface area (Å²) in [5.74, 6) is 0.762. The van der Waals surface area contributed by atoms with Gasteiger partial charge in [-0.05, 0) is 36.8 Å². The molecule has 1 aliphatic rings. The number of rotatable bonds is 6. The van der Waals surface area contributed by atoms with Crippen LogP contribution in [0.3, 0.4) is 0 Å². The summed E-state index contributed by atoms with van der Waals surface area (Å²) in [5, 5.41) is 3.00. The van der Waals surface area contributed by atoms with E-state index >= 15 is 0 Å². The third kappa shape index (κ3) is 5.41. The Balaban J connectivity index is 1.45. The maximum Gasteiger partial charge on any atom is 0.317 e. The fourth-order valence-electron chi connectivity index (χ4n) is 3.07. The summed E-state index contributed by atoms with van der Waals surface area (Å²) in [6.45, 7) is 3.78. The molecule has 0 spiro atoms. The Morgan fingerprint density at radius 3 is 2.52 bits per heavy atom. The maximum atomic E-state index is 12.8. The van der Waals surface area contributed by atoms with Crippen molar-refractivity contribution in [2.24, 2.45) is 0 Å². The second kappa shape index (κ2) is 9.47. The molecule has 1 heterocycles. The topological polar surface area (TPSA) is 79.0 Å². The molecule has 0 atom stereocenters. The second-order valence-corrected chi connectivity index (χ2v) is 9.03. The summed E-state index contributed by atoms with van der Waals surface area (Å²) >= 11 is 6.04. The lowest BCUT2D eigenvalue weighted by Gasteiger charge is -2.34. The van der Waals surface area contributed by atoms with E-state index in [9.17, 15) is 13.2 Å². The zero-order valence-electron chi connectivity index (χ0n) is 16.2. The van der Waals surface area contributed by atoms with E-state index in [-0.39, 0.29) is 29.0 Å². The summed E-state index contributed by atoms with van der Waals surface area (Å²) in [4.78, 5) is 14.0. The molecule has 1 N–H and O–H groups in total. The minimum absolute atomic E-state index is 0.0906. The molecule has 0 unspecified atom stereocenters. The molecule has 0 saturated carbocycles. The van der Waals surface area contributed by atoms with Crippen LogP contribution < -0.4 is 10.1 Å². The van der Waals surface area contributed by atoms with Crippen molar-refractivity contribution < 1.29 is 17.9 Å². The number of hydrogen-bond donors (Lipinski definition) is 1. The van der Waals surface area contributed by atoms with Crippen molar-refractivity contribution in [1.82, 2.24) is 14.5 Å². The molecule has 29 heavy (non-hydrogen) atoms. The Morgan fingerprint density at radius 1 is 1.10 bits per heavy atom. The molecule has 0 radical (unpaired) electrons. The summed E-state index contributed by atoms with van der Waals surface area (Å²) < 4.78 is 32.5. The molecule has 0 aromatic heterocycles. The van der Waals surface area contributed by atoms with Crippen molar-refractivity contribution in [2.75, 3.05) is 39.3 Å². The number of amides is 2. The minimum Gasteiger partial charge on any atom is -0.492 e. The van der Waals surface area contributed by atoms with Gasteiger partial charge in [-0.3, -0.25) is 0 Å². The molecule has 1 fully saturated rings. The molecular weight excluding hydrogens is 414 g/mol. The molecule has 156 valence electrons. The van der Waals surface area contributed by atoms with Crippen molar-refractivity contribution in [2.45, 2.75) is 11.8 Å². The Morgan fingerprint density at radius 2 is 1.83 bits per heavy atom. The van der Waals surface area contributed by atoms with Crippen LogP contribution in [0.5, 0.6) is 5.75 Å². The number of hydrogen-bond acceptors (Lipinski definition) is 4. The third-order valence-corrected chi connectivity index (χ3v) is 7.02. The molecule has 3 rings (SSSR count). The number of sulfonamides is 1. The lowest BCUT2D eigenvalue weighted by molar-refractivity contribution is 0.170. The van der Waals surface area contributed by atoms with Crippen LogP contribution in [0, 0.1) is 6.92 Å². The quantitative estimate of drug-likeness (QED) is 0.705. The average Bonchev–Trinajstić information content (AvgIpc) is 2.71. The molecule has 2 amide bonds. The molecule has 2 aromatic rings. The summed E-state index contributed by atoms with van der Waals surface area (Å²) in [5.41, 5.74) is 1.11. The van der Waals surface area contributed by atoms with E-state index < -0.39 is 10.0 Å². The first-order valence-electron chi connectivity index (χ1n) is 9.35. The molecule has 1 saturated heterocycles. The lowest BCUT2D eigenvalue weighted by atomic mass is 10.2. The van der Waals surface area contributed by atoms with Crippen molar-refractivity contribution in [3.63, 3.8) is 0 Å². The van der Waals surface area contributed by atoms with Gasteiger partial charge in [-0.25, -0.2) is 13.2 Å². The van der Waals surface area contributed by atoms with Crippen LogP contribution in [0.2, 0.25) is 5.02 Å². The van der Waals surface area contributed by atoms with Gasteiger partial charge < -0.3 is 15.0 Å². The van der Waals surface area contributed by atoms with Gasteiger partial charge in [-0.15, -0.1) is 0 Å². The van der Waals surface area contributed by atoms with Gasteiger partial charge in [-0.1, -0.05) is 35.9 Å². The van der Waals surface area contributed by atoms with Crippen LogP contribution in [-0.2, 0) is 10.0 Å². The van der Waals surface area contributed by atoms with Gasteiger partial charge in [0.25, 0.3) is 0 Å². The molecule has 9 heteroatoms. The van der Waals surface area contributed by atoms with E-state index in [1.165, 1.54) is 10.4 Å². The van der Waals surface area contributed by atoms with Crippen LogP contribution in [0.25, 0.3) is 0 Å². The lowest BCUT2D eigenvalue weighted by Crippen LogP contribution is -2.53. The predicted octanol–water partition coefficient (Wildman–Crippen LogP) is 2.74. The highest BCUT2D eigenvalue weighted by atomic mass is 35.5. The van der Waals surface area contributed by atoms with Gasteiger partial charge in [0.05, 0.1) is 11.6 Å². The number of ether oxygens (including phenoxy) is 1. The largest absolute Gasteiger partial charge is 0.492 e. The molecule has 2 aromatic carbocycles.